The van der Waals surface area contributed by atoms with Crippen molar-refractivity contribution in [3.63, 3.8) is 0 Å². The highest BCUT2D eigenvalue weighted by atomic mass is 19.1. The van der Waals surface area contributed by atoms with E-state index in [2.05, 4.69) is 48.9 Å². The van der Waals surface area contributed by atoms with Gasteiger partial charge < -0.3 is 9.88 Å². The standard InChI is InChI=1S/C20H24FN3/c1-4-24-19-8-6-5-7-18(19)23-20(24)15(3)22-14(2)13-16-9-11-17(21)12-10-16/h5-12,14-15,22H,4,13H2,1-3H3/t14-,15+/m1/s1. The van der Waals surface area contributed by atoms with Gasteiger partial charge in [0, 0.05) is 12.6 Å². The zero-order valence-corrected chi connectivity index (χ0v) is 14.5. The summed E-state index contributed by atoms with van der Waals surface area (Å²) in [6.07, 6.45) is 0.858. The predicted molar refractivity (Wildman–Crippen MR) is 96.5 cm³/mol. The Bertz CT molecular complexity index is 807. The van der Waals surface area contributed by atoms with Crippen LogP contribution in [0.15, 0.2) is 48.5 Å². The average molecular weight is 325 g/mol. The summed E-state index contributed by atoms with van der Waals surface area (Å²) in [5, 5.41) is 3.62. The average Bonchev–Trinajstić information content (AvgIpc) is 2.95. The molecule has 0 saturated carbocycles. The fraction of sp³-hybridized carbons (Fsp3) is 0.350. The van der Waals surface area contributed by atoms with Gasteiger partial charge in [-0.25, -0.2) is 9.37 Å². The van der Waals surface area contributed by atoms with Gasteiger partial charge in [0.25, 0.3) is 0 Å². The van der Waals surface area contributed by atoms with Crippen LogP contribution in [-0.4, -0.2) is 15.6 Å². The Kier molecular flexibility index (Phi) is 4.95. The maximum atomic E-state index is 13.0. The molecule has 0 saturated heterocycles. The molecule has 0 bridgehead atoms. The largest absolute Gasteiger partial charge is 0.327 e. The van der Waals surface area contributed by atoms with E-state index in [0.29, 0.717) is 0 Å². The Hall–Kier alpha value is -2.20. The Labute approximate surface area is 142 Å². The Morgan fingerprint density at radius 2 is 1.79 bits per heavy atom. The van der Waals surface area contributed by atoms with E-state index in [1.54, 1.807) is 0 Å². The highest BCUT2D eigenvalue weighted by Crippen LogP contribution is 2.21. The summed E-state index contributed by atoms with van der Waals surface area (Å²) in [5.74, 6) is 0.869. The van der Waals surface area contributed by atoms with Crippen molar-refractivity contribution in [1.29, 1.82) is 0 Å². The van der Waals surface area contributed by atoms with E-state index in [-0.39, 0.29) is 17.9 Å². The van der Waals surface area contributed by atoms with Crippen LogP contribution in [0.3, 0.4) is 0 Å². The van der Waals surface area contributed by atoms with Crippen molar-refractivity contribution in [2.45, 2.75) is 45.8 Å². The van der Waals surface area contributed by atoms with E-state index in [1.165, 1.54) is 17.6 Å². The summed E-state index contributed by atoms with van der Waals surface area (Å²) in [4.78, 5) is 4.81. The second-order valence-corrected chi connectivity index (χ2v) is 6.32. The number of nitrogens with one attached hydrogen (secondary N) is 1. The SMILES string of the molecule is CCn1c([C@H](C)N[C@H](C)Cc2ccc(F)cc2)nc2ccccc21. The van der Waals surface area contributed by atoms with E-state index in [1.807, 2.05) is 18.2 Å². The number of hydrogen-bond acceptors (Lipinski definition) is 2. The number of nitrogens with zero attached hydrogens (tertiary/aromatic N) is 2. The monoisotopic (exact) mass is 325 g/mol. The van der Waals surface area contributed by atoms with Gasteiger partial charge in [-0.05, 0) is 57.0 Å². The molecule has 0 aliphatic carbocycles. The van der Waals surface area contributed by atoms with Crippen LogP contribution in [0.1, 0.15) is 38.2 Å². The first-order valence-corrected chi connectivity index (χ1v) is 8.54. The number of imidazole rings is 1. The molecule has 2 aromatic carbocycles. The third kappa shape index (κ3) is 3.49. The maximum Gasteiger partial charge on any atom is 0.126 e. The molecule has 1 heterocycles. The molecule has 0 unspecified atom stereocenters. The summed E-state index contributed by atoms with van der Waals surface area (Å²) in [6.45, 7) is 7.34. The minimum absolute atomic E-state index is 0.146. The molecule has 1 N–H and O–H groups in total. The lowest BCUT2D eigenvalue weighted by Crippen LogP contribution is -2.32. The lowest BCUT2D eigenvalue weighted by molar-refractivity contribution is 0.450. The molecule has 3 nitrogen and oxygen atoms in total. The van der Waals surface area contributed by atoms with Crippen LogP contribution in [0.25, 0.3) is 11.0 Å². The molecular weight excluding hydrogens is 301 g/mol. The van der Waals surface area contributed by atoms with Crippen LogP contribution >= 0.6 is 0 Å². The van der Waals surface area contributed by atoms with Gasteiger partial charge in [0.05, 0.1) is 17.1 Å². The normalized spacial score (nSPS) is 14.0. The first kappa shape index (κ1) is 16.7. The molecule has 0 aliphatic rings. The molecule has 4 heteroatoms. The van der Waals surface area contributed by atoms with Crippen LogP contribution in [0.4, 0.5) is 4.39 Å². The van der Waals surface area contributed by atoms with Crippen molar-refractivity contribution in [3.8, 4) is 0 Å². The molecule has 24 heavy (non-hydrogen) atoms. The van der Waals surface area contributed by atoms with Gasteiger partial charge in [-0.2, -0.15) is 0 Å². The molecule has 0 fully saturated rings. The van der Waals surface area contributed by atoms with Gasteiger partial charge in [0.1, 0.15) is 11.6 Å². The fourth-order valence-corrected chi connectivity index (χ4v) is 3.29. The molecule has 0 amide bonds. The molecule has 0 aliphatic heterocycles. The second kappa shape index (κ2) is 7.14. The number of benzene rings is 2. The third-order valence-electron chi connectivity index (χ3n) is 4.38. The minimum atomic E-state index is -0.190. The van der Waals surface area contributed by atoms with E-state index < -0.39 is 0 Å². The predicted octanol–water partition coefficient (Wildman–Crippen LogP) is 4.48. The molecule has 126 valence electrons. The Balaban J connectivity index is 1.74. The number of halogens is 1. The lowest BCUT2D eigenvalue weighted by atomic mass is 10.1. The first-order valence-electron chi connectivity index (χ1n) is 8.54. The Morgan fingerprint density at radius 1 is 1.08 bits per heavy atom. The van der Waals surface area contributed by atoms with Gasteiger partial charge in [-0.1, -0.05) is 24.3 Å². The number of rotatable bonds is 6. The summed E-state index contributed by atoms with van der Waals surface area (Å²) < 4.78 is 15.3. The molecule has 3 rings (SSSR count). The highest BCUT2D eigenvalue weighted by molar-refractivity contribution is 5.76. The number of aryl methyl sites for hydroxylation is 1. The number of fused-ring (bicyclic) bond motifs is 1. The van der Waals surface area contributed by atoms with E-state index in [4.69, 9.17) is 4.98 Å². The number of hydrogen-bond donors (Lipinski definition) is 1. The van der Waals surface area contributed by atoms with Gasteiger partial charge in [0.2, 0.25) is 0 Å². The topological polar surface area (TPSA) is 29.9 Å². The Morgan fingerprint density at radius 3 is 2.50 bits per heavy atom. The molecule has 1 aromatic heterocycles. The molecule has 3 aromatic rings. The quantitative estimate of drug-likeness (QED) is 0.724. The minimum Gasteiger partial charge on any atom is -0.327 e. The highest BCUT2D eigenvalue weighted by Gasteiger charge is 2.17. The van der Waals surface area contributed by atoms with Crippen LogP contribution in [0.5, 0.6) is 0 Å². The summed E-state index contributed by atoms with van der Waals surface area (Å²) >= 11 is 0. The van der Waals surface area contributed by atoms with Crippen LogP contribution in [0, 0.1) is 5.82 Å². The molecular formula is C20H24FN3. The fourth-order valence-electron chi connectivity index (χ4n) is 3.29. The zero-order chi connectivity index (χ0) is 17.1. The van der Waals surface area contributed by atoms with Crippen LogP contribution in [-0.2, 0) is 13.0 Å². The summed E-state index contributed by atoms with van der Waals surface area (Å²) in [6, 6.07) is 15.4. The zero-order valence-electron chi connectivity index (χ0n) is 14.5. The van der Waals surface area contributed by atoms with Gasteiger partial charge in [0.15, 0.2) is 0 Å². The van der Waals surface area contributed by atoms with Crippen molar-refractivity contribution in [3.05, 3.63) is 65.7 Å². The smallest absolute Gasteiger partial charge is 0.126 e. The van der Waals surface area contributed by atoms with Gasteiger partial charge in [-0.15, -0.1) is 0 Å². The van der Waals surface area contributed by atoms with Gasteiger partial charge in [-0.3, -0.25) is 0 Å². The van der Waals surface area contributed by atoms with E-state index >= 15 is 0 Å². The van der Waals surface area contributed by atoms with Crippen molar-refractivity contribution < 1.29 is 4.39 Å². The number of para-hydroxylation sites is 2. The van der Waals surface area contributed by atoms with E-state index in [0.717, 1.165) is 29.9 Å². The molecule has 0 radical (unpaired) electrons. The molecule has 2 atom stereocenters. The van der Waals surface area contributed by atoms with Crippen LogP contribution < -0.4 is 5.32 Å². The van der Waals surface area contributed by atoms with Crippen molar-refractivity contribution in [2.24, 2.45) is 0 Å². The van der Waals surface area contributed by atoms with Crippen molar-refractivity contribution >= 4 is 11.0 Å². The number of aromatic nitrogens is 2. The first-order chi connectivity index (χ1) is 11.6. The summed E-state index contributed by atoms with van der Waals surface area (Å²) in [5.41, 5.74) is 3.34. The van der Waals surface area contributed by atoms with Crippen LogP contribution in [0.2, 0.25) is 0 Å². The van der Waals surface area contributed by atoms with Crippen molar-refractivity contribution in [2.75, 3.05) is 0 Å². The third-order valence-corrected chi connectivity index (χ3v) is 4.38. The second-order valence-electron chi connectivity index (χ2n) is 6.32. The van der Waals surface area contributed by atoms with E-state index in [9.17, 15) is 4.39 Å². The lowest BCUT2D eigenvalue weighted by Gasteiger charge is -2.20. The summed E-state index contributed by atoms with van der Waals surface area (Å²) in [7, 11) is 0. The molecule has 0 spiro atoms. The maximum absolute atomic E-state index is 13.0. The van der Waals surface area contributed by atoms with Crippen molar-refractivity contribution in [1.82, 2.24) is 14.9 Å². The van der Waals surface area contributed by atoms with Gasteiger partial charge >= 0.3 is 0 Å².